The van der Waals surface area contributed by atoms with Gasteiger partial charge in [0.05, 0.1) is 0 Å². The van der Waals surface area contributed by atoms with Gasteiger partial charge in [-0.1, -0.05) is 18.7 Å². The molecule has 1 unspecified atom stereocenters. The number of carbonyl (C=O) groups excluding carboxylic acids is 3. The van der Waals surface area contributed by atoms with E-state index < -0.39 is 6.04 Å². The Morgan fingerprint density at radius 2 is 1.93 bits per heavy atom. The molecule has 3 amide bonds. The van der Waals surface area contributed by atoms with Gasteiger partial charge in [-0.25, -0.2) is 0 Å². The van der Waals surface area contributed by atoms with Gasteiger partial charge in [-0.2, -0.15) is 0 Å². The number of hydrogen-bond donors (Lipinski definition) is 1. The molecule has 144 valence electrons. The molecule has 0 aliphatic carbocycles. The van der Waals surface area contributed by atoms with Gasteiger partial charge in [-0.15, -0.1) is 0 Å². The van der Waals surface area contributed by atoms with E-state index in [1.807, 2.05) is 31.2 Å². The number of aryl methyl sites for hydroxylation is 1. The first kappa shape index (κ1) is 19.4. The van der Waals surface area contributed by atoms with E-state index in [1.54, 1.807) is 36.2 Å². The van der Waals surface area contributed by atoms with Crippen LogP contribution < -0.4 is 15.1 Å². The second-order valence-corrected chi connectivity index (χ2v) is 6.79. The fourth-order valence-corrected chi connectivity index (χ4v) is 3.21. The van der Waals surface area contributed by atoms with Crippen LogP contribution in [-0.2, 0) is 9.59 Å². The second-order valence-electron chi connectivity index (χ2n) is 6.79. The molecule has 1 atom stereocenters. The maximum atomic E-state index is 12.7. The van der Waals surface area contributed by atoms with Gasteiger partial charge < -0.3 is 15.1 Å². The molecule has 1 aliphatic heterocycles. The van der Waals surface area contributed by atoms with E-state index in [0.29, 0.717) is 24.2 Å². The predicted molar refractivity (Wildman–Crippen MR) is 109 cm³/mol. The molecule has 6 nitrogen and oxygen atoms in total. The number of anilines is 2. The van der Waals surface area contributed by atoms with E-state index in [1.165, 1.54) is 11.0 Å². The average Bonchev–Trinajstić information content (AvgIpc) is 3.07. The Morgan fingerprint density at radius 3 is 2.57 bits per heavy atom. The maximum Gasteiger partial charge on any atom is 0.251 e. The van der Waals surface area contributed by atoms with Crippen LogP contribution in [0.1, 0.15) is 22.3 Å². The molecule has 2 aromatic rings. The normalized spacial score (nSPS) is 16.0. The molecule has 0 spiro atoms. The van der Waals surface area contributed by atoms with Gasteiger partial charge in [-0.05, 0) is 61.4 Å². The van der Waals surface area contributed by atoms with Gasteiger partial charge in [0.2, 0.25) is 11.8 Å². The first-order valence-corrected chi connectivity index (χ1v) is 9.10. The molecular formula is C22H23N3O3. The van der Waals surface area contributed by atoms with Crippen LogP contribution in [0.15, 0.2) is 61.2 Å². The van der Waals surface area contributed by atoms with Crippen molar-refractivity contribution in [1.82, 2.24) is 5.32 Å². The molecule has 2 aromatic carbocycles. The van der Waals surface area contributed by atoms with Gasteiger partial charge in [0, 0.05) is 30.5 Å². The third-order valence-corrected chi connectivity index (χ3v) is 4.85. The Balaban J connectivity index is 1.66. The quantitative estimate of drug-likeness (QED) is 0.815. The van der Waals surface area contributed by atoms with Crippen molar-refractivity contribution in [3.8, 4) is 0 Å². The molecule has 3 rings (SSSR count). The van der Waals surface area contributed by atoms with Gasteiger partial charge in [-0.3, -0.25) is 14.4 Å². The Bertz CT molecular complexity index is 921. The summed E-state index contributed by atoms with van der Waals surface area (Å²) < 4.78 is 0. The Kier molecular flexibility index (Phi) is 5.59. The zero-order chi connectivity index (χ0) is 20.3. The third-order valence-electron chi connectivity index (χ3n) is 4.85. The first-order chi connectivity index (χ1) is 13.4. The monoisotopic (exact) mass is 377 g/mol. The van der Waals surface area contributed by atoms with Crippen LogP contribution in [0.4, 0.5) is 11.4 Å². The summed E-state index contributed by atoms with van der Waals surface area (Å²) in [4.78, 5) is 40.0. The summed E-state index contributed by atoms with van der Waals surface area (Å²) in [7, 11) is 1.64. The molecule has 1 N–H and O–H groups in total. The predicted octanol–water partition coefficient (Wildman–Crippen LogP) is 2.68. The molecule has 0 radical (unpaired) electrons. The van der Waals surface area contributed by atoms with Crippen LogP contribution in [0.2, 0.25) is 0 Å². The van der Waals surface area contributed by atoms with E-state index in [2.05, 4.69) is 11.9 Å². The summed E-state index contributed by atoms with van der Waals surface area (Å²) in [5.41, 5.74) is 3.02. The highest BCUT2D eigenvalue weighted by molar-refractivity contribution is 6.04. The number of carbonyl (C=O) groups is 3. The lowest BCUT2D eigenvalue weighted by Gasteiger charge is -2.18. The van der Waals surface area contributed by atoms with Crippen LogP contribution in [0.25, 0.3) is 0 Å². The standard InChI is InChI=1S/C22H23N3O3/c1-4-20(26)24(3)17-10-8-16(9-11-17)21(27)23-19-12-13-25(22(19)28)18-7-5-6-15(2)14-18/h4-11,14,19H,1,12-13H2,2-3H3,(H,23,27). The zero-order valence-corrected chi connectivity index (χ0v) is 16.0. The van der Waals surface area contributed by atoms with Crippen molar-refractivity contribution in [2.24, 2.45) is 0 Å². The highest BCUT2D eigenvalue weighted by Gasteiger charge is 2.33. The summed E-state index contributed by atoms with van der Waals surface area (Å²) >= 11 is 0. The number of nitrogens with zero attached hydrogens (tertiary/aromatic N) is 2. The fraction of sp³-hybridized carbons (Fsp3) is 0.227. The molecular weight excluding hydrogens is 354 g/mol. The number of rotatable bonds is 5. The first-order valence-electron chi connectivity index (χ1n) is 9.10. The zero-order valence-electron chi connectivity index (χ0n) is 16.0. The number of amides is 3. The van der Waals surface area contributed by atoms with Gasteiger partial charge in [0.1, 0.15) is 6.04 Å². The van der Waals surface area contributed by atoms with E-state index in [9.17, 15) is 14.4 Å². The molecule has 0 saturated carbocycles. The molecule has 1 aliphatic rings. The molecule has 1 fully saturated rings. The van der Waals surface area contributed by atoms with Crippen molar-refractivity contribution in [2.45, 2.75) is 19.4 Å². The van der Waals surface area contributed by atoms with Crippen LogP contribution in [-0.4, -0.2) is 37.4 Å². The van der Waals surface area contributed by atoms with E-state index in [4.69, 9.17) is 0 Å². The summed E-state index contributed by atoms with van der Waals surface area (Å²) in [6.07, 6.45) is 1.79. The summed E-state index contributed by atoms with van der Waals surface area (Å²) in [6, 6.07) is 13.9. The Hall–Kier alpha value is -3.41. The van der Waals surface area contributed by atoms with Gasteiger partial charge >= 0.3 is 0 Å². The molecule has 0 aromatic heterocycles. The fourth-order valence-electron chi connectivity index (χ4n) is 3.21. The number of nitrogens with one attached hydrogen (secondary N) is 1. The summed E-state index contributed by atoms with van der Waals surface area (Å²) in [5.74, 6) is -0.648. The van der Waals surface area contributed by atoms with Gasteiger partial charge in [0.25, 0.3) is 5.91 Å². The highest BCUT2D eigenvalue weighted by Crippen LogP contribution is 2.23. The van der Waals surface area contributed by atoms with E-state index in [0.717, 1.165) is 11.3 Å². The Labute approximate surface area is 164 Å². The van der Waals surface area contributed by atoms with Crippen molar-refractivity contribution in [3.05, 3.63) is 72.3 Å². The van der Waals surface area contributed by atoms with Crippen LogP contribution in [0, 0.1) is 6.92 Å². The lowest BCUT2D eigenvalue weighted by Crippen LogP contribution is -2.41. The second kappa shape index (κ2) is 8.08. The number of benzene rings is 2. The van der Waals surface area contributed by atoms with Crippen molar-refractivity contribution < 1.29 is 14.4 Å². The van der Waals surface area contributed by atoms with Crippen LogP contribution in [0.5, 0.6) is 0 Å². The summed E-state index contributed by atoms with van der Waals surface area (Å²) in [6.45, 7) is 6.01. The topological polar surface area (TPSA) is 69.7 Å². The lowest BCUT2D eigenvalue weighted by molar-refractivity contribution is -0.118. The third kappa shape index (κ3) is 3.96. The SMILES string of the molecule is C=CC(=O)N(C)c1ccc(C(=O)NC2CCN(c3cccc(C)c3)C2=O)cc1. The largest absolute Gasteiger partial charge is 0.340 e. The minimum absolute atomic E-state index is 0.105. The number of hydrogen-bond acceptors (Lipinski definition) is 3. The average molecular weight is 377 g/mol. The minimum atomic E-state index is -0.544. The van der Waals surface area contributed by atoms with E-state index in [-0.39, 0.29) is 17.7 Å². The highest BCUT2D eigenvalue weighted by atomic mass is 16.2. The van der Waals surface area contributed by atoms with Gasteiger partial charge in [0.15, 0.2) is 0 Å². The van der Waals surface area contributed by atoms with Crippen LogP contribution in [0.3, 0.4) is 0 Å². The number of likely N-dealkylation sites (N-methyl/N-ethyl adjacent to an activating group) is 1. The molecule has 1 saturated heterocycles. The van der Waals surface area contributed by atoms with Crippen LogP contribution >= 0.6 is 0 Å². The van der Waals surface area contributed by atoms with Crippen molar-refractivity contribution in [3.63, 3.8) is 0 Å². The molecule has 28 heavy (non-hydrogen) atoms. The maximum absolute atomic E-state index is 12.7. The van der Waals surface area contributed by atoms with E-state index >= 15 is 0 Å². The summed E-state index contributed by atoms with van der Waals surface area (Å²) in [5, 5.41) is 2.82. The smallest absolute Gasteiger partial charge is 0.251 e. The van der Waals surface area contributed by atoms with Crippen molar-refractivity contribution in [1.29, 1.82) is 0 Å². The molecule has 6 heteroatoms. The minimum Gasteiger partial charge on any atom is -0.340 e. The van der Waals surface area contributed by atoms with Crippen molar-refractivity contribution in [2.75, 3.05) is 23.4 Å². The molecule has 0 bridgehead atoms. The van der Waals surface area contributed by atoms with Crippen molar-refractivity contribution >= 4 is 29.1 Å². The lowest BCUT2D eigenvalue weighted by atomic mass is 10.1. The molecule has 1 heterocycles. The Morgan fingerprint density at radius 1 is 1.21 bits per heavy atom.